The third kappa shape index (κ3) is 1.23. The van der Waals surface area contributed by atoms with E-state index in [0.29, 0.717) is 5.56 Å². The van der Waals surface area contributed by atoms with Crippen molar-refractivity contribution >= 4 is 10.8 Å². The highest BCUT2D eigenvalue weighted by Crippen LogP contribution is 2.51. The van der Waals surface area contributed by atoms with Gasteiger partial charge in [-0.15, -0.1) is 0 Å². The molecule has 1 nitrogen and oxygen atoms in total. The van der Waals surface area contributed by atoms with Gasteiger partial charge in [0.05, 0.1) is 7.11 Å². The molecule has 0 heterocycles. The molecule has 0 spiro atoms. The second-order valence-corrected chi connectivity index (χ2v) is 4.71. The number of benzene rings is 3. The molecule has 1 aliphatic rings. The molecule has 2 heteroatoms. The lowest BCUT2D eigenvalue weighted by atomic mass is 10.0. The van der Waals surface area contributed by atoms with E-state index >= 15 is 0 Å². The highest BCUT2D eigenvalue weighted by molar-refractivity contribution is 6.16. The second kappa shape index (κ2) is 3.58. The van der Waals surface area contributed by atoms with Crippen LogP contribution >= 0.6 is 0 Å². The molecule has 0 aliphatic heterocycles. The Labute approximate surface area is 110 Å². The number of hydrogen-bond donors (Lipinski definition) is 0. The van der Waals surface area contributed by atoms with Gasteiger partial charge in [-0.25, -0.2) is 4.39 Å². The summed E-state index contributed by atoms with van der Waals surface area (Å²) in [6.45, 7) is 0. The Kier molecular flexibility index (Phi) is 1.99. The maximum atomic E-state index is 14.2. The topological polar surface area (TPSA) is 9.23 Å². The van der Waals surface area contributed by atoms with E-state index in [0.717, 1.165) is 33.2 Å². The van der Waals surface area contributed by atoms with Gasteiger partial charge in [0.2, 0.25) is 0 Å². The number of ether oxygens (including phenoxy) is 1. The molecule has 0 atom stereocenters. The fourth-order valence-corrected chi connectivity index (χ4v) is 3.02. The molecular formula is C17H11FO. The van der Waals surface area contributed by atoms with E-state index in [4.69, 9.17) is 4.74 Å². The summed E-state index contributed by atoms with van der Waals surface area (Å²) in [4.78, 5) is 0. The van der Waals surface area contributed by atoms with Gasteiger partial charge < -0.3 is 4.74 Å². The summed E-state index contributed by atoms with van der Waals surface area (Å²) in [5.41, 5.74) is 3.54. The van der Waals surface area contributed by atoms with Crippen LogP contribution in [0.1, 0.15) is 0 Å². The monoisotopic (exact) mass is 250 g/mol. The lowest BCUT2D eigenvalue weighted by Gasteiger charge is -2.09. The zero-order valence-electron chi connectivity index (χ0n) is 10.4. The molecule has 1 aliphatic carbocycles. The van der Waals surface area contributed by atoms with Gasteiger partial charge in [-0.3, -0.25) is 0 Å². The molecule has 0 fully saturated rings. The second-order valence-electron chi connectivity index (χ2n) is 4.71. The molecule has 19 heavy (non-hydrogen) atoms. The predicted octanol–water partition coefficient (Wildman–Crippen LogP) is 4.63. The first-order valence-electron chi connectivity index (χ1n) is 6.20. The Morgan fingerprint density at radius 2 is 1.53 bits per heavy atom. The largest absolute Gasteiger partial charge is 0.496 e. The Balaban J connectivity index is 2.26. The molecule has 3 aromatic carbocycles. The molecule has 0 aromatic heterocycles. The van der Waals surface area contributed by atoms with E-state index in [-0.39, 0.29) is 5.82 Å². The molecule has 0 saturated carbocycles. The van der Waals surface area contributed by atoms with Crippen LogP contribution in [0.15, 0.2) is 48.5 Å². The average molecular weight is 250 g/mol. The van der Waals surface area contributed by atoms with Crippen molar-refractivity contribution < 1.29 is 9.13 Å². The van der Waals surface area contributed by atoms with E-state index in [1.54, 1.807) is 13.2 Å². The minimum Gasteiger partial charge on any atom is -0.496 e. The van der Waals surface area contributed by atoms with Crippen LogP contribution < -0.4 is 4.74 Å². The van der Waals surface area contributed by atoms with Gasteiger partial charge in [0.25, 0.3) is 0 Å². The Morgan fingerprint density at radius 3 is 2.21 bits per heavy atom. The van der Waals surface area contributed by atoms with Crippen molar-refractivity contribution in [1.82, 2.24) is 0 Å². The van der Waals surface area contributed by atoms with Crippen molar-refractivity contribution in [2.75, 3.05) is 7.11 Å². The zero-order valence-corrected chi connectivity index (χ0v) is 10.4. The Hall–Kier alpha value is -2.35. The maximum absolute atomic E-state index is 14.2. The third-order valence-electron chi connectivity index (χ3n) is 3.78. The number of halogens is 1. The molecule has 0 radical (unpaired) electrons. The summed E-state index contributed by atoms with van der Waals surface area (Å²) in [6.07, 6.45) is 0. The maximum Gasteiger partial charge on any atom is 0.131 e. The molecule has 0 saturated heterocycles. The van der Waals surface area contributed by atoms with Gasteiger partial charge in [-0.2, -0.15) is 0 Å². The van der Waals surface area contributed by atoms with Gasteiger partial charge in [0.1, 0.15) is 11.6 Å². The van der Waals surface area contributed by atoms with Crippen molar-refractivity contribution in [1.29, 1.82) is 0 Å². The van der Waals surface area contributed by atoms with E-state index in [2.05, 4.69) is 12.1 Å². The first-order valence-corrected chi connectivity index (χ1v) is 6.20. The molecule has 0 unspecified atom stereocenters. The normalized spacial score (nSPS) is 11.7. The Bertz CT molecular complexity index is 816. The highest BCUT2D eigenvalue weighted by Gasteiger charge is 2.26. The number of methoxy groups -OCH3 is 1. The fourth-order valence-electron chi connectivity index (χ4n) is 3.02. The van der Waals surface area contributed by atoms with Gasteiger partial charge in [-0.05, 0) is 34.0 Å². The number of fused-ring (bicyclic) bond motifs is 3. The van der Waals surface area contributed by atoms with Crippen molar-refractivity contribution in [3.05, 3.63) is 54.3 Å². The minimum absolute atomic E-state index is 0.195. The summed E-state index contributed by atoms with van der Waals surface area (Å²) < 4.78 is 19.7. The lowest BCUT2D eigenvalue weighted by Crippen LogP contribution is -1.90. The van der Waals surface area contributed by atoms with Crippen LogP contribution in [-0.4, -0.2) is 7.11 Å². The summed E-state index contributed by atoms with van der Waals surface area (Å²) in [7, 11) is 1.62. The van der Waals surface area contributed by atoms with Gasteiger partial charge in [0.15, 0.2) is 0 Å². The standard InChI is InChI=1S/C17H11FO/c1-19-14-9-8-13(18)16-11-6-2-4-10-5-3-7-12(15(10)11)17(14)16/h2-9H,1H3. The molecule has 4 rings (SSSR count). The predicted molar refractivity (Wildman–Crippen MR) is 74.9 cm³/mol. The Morgan fingerprint density at radius 1 is 0.842 bits per heavy atom. The summed E-state index contributed by atoms with van der Waals surface area (Å²) in [5.74, 6) is 0.527. The molecule has 92 valence electrons. The lowest BCUT2D eigenvalue weighted by molar-refractivity contribution is 0.416. The molecule has 0 N–H and O–H groups in total. The van der Waals surface area contributed by atoms with Crippen LogP contribution in [-0.2, 0) is 0 Å². The molecule has 0 amide bonds. The van der Waals surface area contributed by atoms with E-state index in [9.17, 15) is 4.39 Å². The van der Waals surface area contributed by atoms with Crippen LogP contribution in [0.25, 0.3) is 33.0 Å². The average Bonchev–Trinajstić information content (AvgIpc) is 2.78. The van der Waals surface area contributed by atoms with Crippen molar-refractivity contribution in [3.8, 4) is 28.0 Å². The van der Waals surface area contributed by atoms with Crippen molar-refractivity contribution in [3.63, 3.8) is 0 Å². The molecular weight excluding hydrogens is 239 g/mol. The van der Waals surface area contributed by atoms with Gasteiger partial charge in [-0.1, -0.05) is 36.4 Å². The number of rotatable bonds is 1. The van der Waals surface area contributed by atoms with E-state index in [1.165, 1.54) is 6.07 Å². The van der Waals surface area contributed by atoms with Crippen LogP contribution in [0, 0.1) is 5.82 Å². The van der Waals surface area contributed by atoms with E-state index < -0.39 is 0 Å². The first kappa shape index (κ1) is 10.6. The minimum atomic E-state index is -0.195. The van der Waals surface area contributed by atoms with Crippen molar-refractivity contribution in [2.45, 2.75) is 0 Å². The molecule has 3 aromatic rings. The summed E-state index contributed by atoms with van der Waals surface area (Å²) >= 11 is 0. The summed E-state index contributed by atoms with van der Waals surface area (Å²) in [6, 6.07) is 15.2. The van der Waals surface area contributed by atoms with Crippen LogP contribution in [0.5, 0.6) is 5.75 Å². The third-order valence-corrected chi connectivity index (χ3v) is 3.78. The highest BCUT2D eigenvalue weighted by atomic mass is 19.1. The number of hydrogen-bond acceptors (Lipinski definition) is 1. The van der Waals surface area contributed by atoms with Crippen LogP contribution in [0.4, 0.5) is 4.39 Å². The molecule has 0 bridgehead atoms. The first-order chi connectivity index (χ1) is 9.31. The SMILES string of the molecule is COc1ccc(F)c2c1-c1cccc3cccc-2c13. The zero-order chi connectivity index (χ0) is 13.0. The smallest absolute Gasteiger partial charge is 0.131 e. The quantitative estimate of drug-likeness (QED) is 0.478. The van der Waals surface area contributed by atoms with Crippen LogP contribution in [0.2, 0.25) is 0 Å². The summed E-state index contributed by atoms with van der Waals surface area (Å²) in [5, 5.41) is 2.25. The van der Waals surface area contributed by atoms with Crippen molar-refractivity contribution in [2.24, 2.45) is 0 Å². The van der Waals surface area contributed by atoms with E-state index in [1.807, 2.05) is 24.3 Å². The van der Waals surface area contributed by atoms with Gasteiger partial charge in [0, 0.05) is 11.1 Å². The van der Waals surface area contributed by atoms with Crippen LogP contribution in [0.3, 0.4) is 0 Å². The van der Waals surface area contributed by atoms with Gasteiger partial charge >= 0.3 is 0 Å². The fraction of sp³-hybridized carbons (Fsp3) is 0.0588.